The van der Waals surface area contributed by atoms with Gasteiger partial charge in [0.25, 0.3) is 0 Å². The molecule has 0 fully saturated rings. The number of benzene rings is 2. The summed E-state index contributed by atoms with van der Waals surface area (Å²) >= 11 is 7.44. The number of aliphatic hydroxyl groups is 1. The molecule has 0 spiro atoms. The van der Waals surface area contributed by atoms with Crippen LogP contribution in [-0.2, 0) is 10.5 Å². The van der Waals surface area contributed by atoms with Crippen LogP contribution in [0, 0.1) is 0 Å². The molecule has 0 aromatic heterocycles. The molecule has 3 nitrogen and oxygen atoms in total. The fourth-order valence-corrected chi connectivity index (χ4v) is 3.04. The van der Waals surface area contributed by atoms with Gasteiger partial charge in [-0.15, -0.1) is 11.8 Å². The predicted octanol–water partition coefficient (Wildman–Crippen LogP) is 3.42. The maximum absolute atomic E-state index is 12.0. The minimum absolute atomic E-state index is 0.0880. The lowest BCUT2D eigenvalue weighted by atomic mass is 10.1. The number of thioether (sulfide) groups is 1. The van der Waals surface area contributed by atoms with E-state index in [4.69, 9.17) is 11.6 Å². The summed E-state index contributed by atoms with van der Waals surface area (Å²) < 4.78 is 0. The highest BCUT2D eigenvalue weighted by atomic mass is 35.5. The molecule has 116 valence electrons. The lowest BCUT2D eigenvalue weighted by Gasteiger charge is -2.16. The first kappa shape index (κ1) is 16.9. The molecule has 5 heteroatoms. The van der Waals surface area contributed by atoms with Gasteiger partial charge in [0.1, 0.15) is 0 Å². The van der Waals surface area contributed by atoms with E-state index in [1.165, 1.54) is 11.8 Å². The Kier molecular flexibility index (Phi) is 6.77. The van der Waals surface area contributed by atoms with Crippen molar-refractivity contribution in [2.75, 3.05) is 12.4 Å². The van der Waals surface area contributed by atoms with Crippen molar-refractivity contribution >= 4 is 29.3 Å². The molecular weight excluding hydrogens is 318 g/mol. The van der Waals surface area contributed by atoms with Crippen LogP contribution < -0.4 is 5.32 Å². The van der Waals surface area contributed by atoms with Crippen LogP contribution in [0.5, 0.6) is 0 Å². The fourth-order valence-electron chi connectivity index (χ4n) is 2.04. The van der Waals surface area contributed by atoms with Gasteiger partial charge in [0, 0.05) is 10.8 Å². The van der Waals surface area contributed by atoms with E-state index in [1.807, 2.05) is 54.6 Å². The second kappa shape index (κ2) is 8.83. The second-order valence-electron chi connectivity index (χ2n) is 4.84. The van der Waals surface area contributed by atoms with Gasteiger partial charge >= 0.3 is 0 Å². The van der Waals surface area contributed by atoms with E-state index in [-0.39, 0.29) is 18.6 Å². The lowest BCUT2D eigenvalue weighted by Crippen LogP contribution is -2.32. The Balaban J connectivity index is 1.80. The Morgan fingerprint density at radius 1 is 1.18 bits per heavy atom. The normalized spacial score (nSPS) is 11.9. The molecule has 0 heterocycles. The molecule has 0 aliphatic rings. The van der Waals surface area contributed by atoms with E-state index in [9.17, 15) is 9.90 Å². The monoisotopic (exact) mass is 335 g/mol. The van der Waals surface area contributed by atoms with Crippen LogP contribution in [-0.4, -0.2) is 23.4 Å². The van der Waals surface area contributed by atoms with Crippen molar-refractivity contribution in [3.8, 4) is 0 Å². The van der Waals surface area contributed by atoms with Crippen molar-refractivity contribution in [2.45, 2.75) is 11.8 Å². The number of aliphatic hydroxyl groups excluding tert-OH is 1. The molecule has 2 N–H and O–H groups in total. The van der Waals surface area contributed by atoms with E-state index in [0.717, 1.165) is 16.9 Å². The number of nitrogens with one attached hydrogen (secondary N) is 1. The average Bonchev–Trinajstić information content (AvgIpc) is 2.53. The average molecular weight is 336 g/mol. The van der Waals surface area contributed by atoms with Crippen LogP contribution in [0.1, 0.15) is 17.2 Å². The summed E-state index contributed by atoms with van der Waals surface area (Å²) in [4.78, 5) is 12.0. The Labute approximate surface area is 139 Å². The van der Waals surface area contributed by atoms with Gasteiger partial charge in [0.05, 0.1) is 18.4 Å². The van der Waals surface area contributed by atoms with Crippen LogP contribution in [0.2, 0.25) is 5.02 Å². The van der Waals surface area contributed by atoms with Crippen molar-refractivity contribution < 1.29 is 9.90 Å². The summed E-state index contributed by atoms with van der Waals surface area (Å²) in [6, 6.07) is 16.7. The molecule has 2 aromatic carbocycles. The van der Waals surface area contributed by atoms with Gasteiger partial charge in [0.2, 0.25) is 5.91 Å². The molecule has 0 unspecified atom stereocenters. The number of hydrogen-bond donors (Lipinski definition) is 2. The maximum atomic E-state index is 12.0. The van der Waals surface area contributed by atoms with Crippen LogP contribution >= 0.6 is 23.4 Å². The summed E-state index contributed by atoms with van der Waals surface area (Å²) in [6.07, 6.45) is 0. The molecule has 1 atom stereocenters. The molecule has 0 aliphatic carbocycles. The van der Waals surface area contributed by atoms with Crippen molar-refractivity contribution in [1.82, 2.24) is 5.32 Å². The first-order chi connectivity index (χ1) is 10.7. The molecule has 1 amide bonds. The molecule has 2 aromatic rings. The largest absolute Gasteiger partial charge is 0.394 e. The highest BCUT2D eigenvalue weighted by Gasteiger charge is 2.13. The smallest absolute Gasteiger partial charge is 0.230 e. The number of carbonyl (C=O) groups excluding carboxylic acids is 1. The number of halogens is 1. The third kappa shape index (κ3) is 5.37. The summed E-state index contributed by atoms with van der Waals surface area (Å²) in [7, 11) is 0. The van der Waals surface area contributed by atoms with Gasteiger partial charge < -0.3 is 10.4 Å². The zero-order valence-electron chi connectivity index (χ0n) is 12.0. The molecule has 0 saturated carbocycles. The number of rotatable bonds is 7. The summed E-state index contributed by atoms with van der Waals surface area (Å²) in [5.41, 5.74) is 1.99. The number of hydrogen-bond acceptors (Lipinski definition) is 3. The molecule has 0 aliphatic heterocycles. The van der Waals surface area contributed by atoms with Crippen LogP contribution in [0.3, 0.4) is 0 Å². The van der Waals surface area contributed by atoms with Crippen molar-refractivity contribution in [3.05, 3.63) is 70.7 Å². The van der Waals surface area contributed by atoms with E-state index >= 15 is 0 Å². The highest BCUT2D eigenvalue weighted by Crippen LogP contribution is 2.17. The third-order valence-electron chi connectivity index (χ3n) is 3.11. The second-order valence-corrected chi connectivity index (χ2v) is 6.26. The van der Waals surface area contributed by atoms with Crippen LogP contribution in [0.15, 0.2) is 54.6 Å². The minimum atomic E-state index is -0.361. The predicted molar refractivity (Wildman–Crippen MR) is 92.0 cm³/mol. The highest BCUT2D eigenvalue weighted by molar-refractivity contribution is 7.99. The van der Waals surface area contributed by atoms with E-state index in [0.29, 0.717) is 10.8 Å². The molecular formula is C17H18ClNO2S. The Hall–Kier alpha value is -1.49. The summed E-state index contributed by atoms with van der Waals surface area (Å²) in [5.74, 6) is 0.980. The third-order valence-corrected chi connectivity index (χ3v) is 4.35. The minimum Gasteiger partial charge on any atom is -0.394 e. The quantitative estimate of drug-likeness (QED) is 0.815. The number of amides is 1. The molecule has 0 bridgehead atoms. The van der Waals surface area contributed by atoms with Gasteiger partial charge in [0.15, 0.2) is 0 Å². The van der Waals surface area contributed by atoms with E-state index < -0.39 is 0 Å². The van der Waals surface area contributed by atoms with Crippen molar-refractivity contribution in [3.63, 3.8) is 0 Å². The first-order valence-corrected chi connectivity index (χ1v) is 8.49. The summed E-state index contributed by atoms with van der Waals surface area (Å²) in [5, 5.41) is 13.0. The molecule has 0 saturated heterocycles. The topological polar surface area (TPSA) is 49.3 Å². The van der Waals surface area contributed by atoms with Gasteiger partial charge in [-0.1, -0.05) is 54.1 Å². The lowest BCUT2D eigenvalue weighted by molar-refractivity contribution is -0.119. The zero-order chi connectivity index (χ0) is 15.8. The molecule has 0 radical (unpaired) electrons. The standard InChI is InChI=1S/C17H18ClNO2S/c18-15-8-4-5-13(9-15)11-22-12-17(21)19-16(10-20)14-6-2-1-3-7-14/h1-9,16,20H,10-12H2,(H,19,21)/t16-/m1/s1. The van der Waals surface area contributed by atoms with E-state index in [2.05, 4.69) is 5.32 Å². The van der Waals surface area contributed by atoms with Crippen LogP contribution in [0.4, 0.5) is 0 Å². The van der Waals surface area contributed by atoms with Crippen molar-refractivity contribution in [1.29, 1.82) is 0 Å². The van der Waals surface area contributed by atoms with Gasteiger partial charge in [-0.2, -0.15) is 0 Å². The Morgan fingerprint density at radius 2 is 1.95 bits per heavy atom. The Morgan fingerprint density at radius 3 is 2.64 bits per heavy atom. The van der Waals surface area contributed by atoms with Crippen molar-refractivity contribution in [2.24, 2.45) is 0 Å². The van der Waals surface area contributed by atoms with Crippen LogP contribution in [0.25, 0.3) is 0 Å². The van der Waals surface area contributed by atoms with Gasteiger partial charge in [-0.3, -0.25) is 4.79 Å². The maximum Gasteiger partial charge on any atom is 0.230 e. The molecule has 2 rings (SSSR count). The van der Waals surface area contributed by atoms with E-state index in [1.54, 1.807) is 0 Å². The fraction of sp³-hybridized carbons (Fsp3) is 0.235. The SMILES string of the molecule is O=C(CSCc1cccc(Cl)c1)N[C@H](CO)c1ccccc1. The van der Waals surface area contributed by atoms with Gasteiger partial charge in [-0.05, 0) is 23.3 Å². The van der Waals surface area contributed by atoms with Gasteiger partial charge in [-0.25, -0.2) is 0 Å². The molecule has 22 heavy (non-hydrogen) atoms. The summed E-state index contributed by atoms with van der Waals surface area (Å²) in [6.45, 7) is -0.116. The first-order valence-electron chi connectivity index (χ1n) is 6.96. The number of carbonyl (C=O) groups is 1. The Bertz CT molecular complexity index is 607. The zero-order valence-corrected chi connectivity index (χ0v) is 13.6.